The van der Waals surface area contributed by atoms with Crippen molar-refractivity contribution < 1.29 is 26.8 Å². The summed E-state index contributed by atoms with van der Waals surface area (Å²) in [6.45, 7) is 0.151. The van der Waals surface area contributed by atoms with Gasteiger partial charge in [-0.2, -0.15) is 13.5 Å². The Morgan fingerprint density at radius 2 is 1.96 bits per heavy atom. The molecule has 3 N–H and O–H groups in total. The molecule has 0 spiro atoms. The van der Waals surface area contributed by atoms with E-state index in [0.717, 1.165) is 0 Å². The minimum Gasteiger partial charge on any atom is -0.309 e. The Bertz CT molecular complexity index is 740. The Kier molecular flexibility index (Phi) is 4.30. The van der Waals surface area contributed by atoms with E-state index in [2.05, 4.69) is 15.1 Å². The predicted molar refractivity (Wildman–Crippen MR) is 81.6 cm³/mol. The van der Waals surface area contributed by atoms with E-state index in [1.165, 1.54) is 4.90 Å². The molecule has 2 bridgehead atoms. The van der Waals surface area contributed by atoms with Gasteiger partial charge in [0, 0.05) is 6.54 Å². The number of anilines is 1. The molecule has 3 rings (SSSR count). The highest BCUT2D eigenvalue weighted by molar-refractivity contribution is 7.80. The largest absolute Gasteiger partial charge is 0.418 e. The number of fused-ring (bicyclic) bond motifs is 2. The molecular weight excluding hydrogens is 340 g/mol. The van der Waals surface area contributed by atoms with E-state index in [0.29, 0.717) is 23.6 Å². The highest BCUT2D eigenvalue weighted by atomic mass is 32.3. The van der Waals surface area contributed by atoms with Crippen molar-refractivity contribution in [2.45, 2.75) is 24.9 Å². The third-order valence-electron chi connectivity index (χ3n) is 3.90. The number of para-hydroxylation sites is 1. The molecule has 0 saturated carbocycles. The van der Waals surface area contributed by atoms with Crippen molar-refractivity contribution in [3.63, 3.8) is 0 Å². The second-order valence-corrected chi connectivity index (χ2v) is 6.49. The maximum Gasteiger partial charge on any atom is 0.418 e. The van der Waals surface area contributed by atoms with Crippen molar-refractivity contribution in [2.75, 3.05) is 12.0 Å². The highest BCUT2D eigenvalue weighted by Gasteiger charge is 2.49. The number of carbonyl (C=O) groups is 2. The van der Waals surface area contributed by atoms with Crippen LogP contribution >= 0.6 is 0 Å². The molecule has 2 heterocycles. The van der Waals surface area contributed by atoms with Crippen molar-refractivity contribution in [1.82, 2.24) is 15.4 Å². The third-order valence-corrected chi connectivity index (χ3v) is 4.25. The summed E-state index contributed by atoms with van der Waals surface area (Å²) in [6.07, 6.45) is 0.727. The zero-order chi connectivity index (χ0) is 17.3. The lowest BCUT2D eigenvalue weighted by Crippen LogP contribution is -2.51. The monoisotopic (exact) mass is 356 g/mol. The van der Waals surface area contributed by atoms with E-state index in [4.69, 9.17) is 4.55 Å². The molecule has 0 aromatic heterocycles. The van der Waals surface area contributed by atoms with Gasteiger partial charge in [-0.3, -0.25) is 20.2 Å². The smallest absolute Gasteiger partial charge is 0.309 e. The van der Waals surface area contributed by atoms with Crippen LogP contribution in [-0.2, 0) is 19.5 Å². The van der Waals surface area contributed by atoms with Gasteiger partial charge in [0.25, 0.3) is 5.91 Å². The first kappa shape index (κ1) is 16.5. The Labute approximate surface area is 138 Å². The molecule has 2 atom stereocenters. The van der Waals surface area contributed by atoms with Crippen LogP contribution in [0.25, 0.3) is 0 Å². The van der Waals surface area contributed by atoms with Crippen molar-refractivity contribution >= 4 is 28.0 Å². The number of hydrogen-bond donors (Lipinski definition) is 3. The molecule has 1 aromatic carbocycles. The molecule has 0 radical (unpaired) electrons. The number of benzene rings is 1. The summed E-state index contributed by atoms with van der Waals surface area (Å²) >= 11 is 0. The van der Waals surface area contributed by atoms with E-state index >= 15 is 0 Å². The summed E-state index contributed by atoms with van der Waals surface area (Å²) in [5.74, 6) is -0.417. The molecule has 3 amide bonds. The van der Waals surface area contributed by atoms with Gasteiger partial charge in [0.05, 0.1) is 11.7 Å². The fourth-order valence-corrected chi connectivity index (χ4v) is 3.23. The van der Waals surface area contributed by atoms with Gasteiger partial charge in [-0.15, -0.1) is 4.28 Å². The highest BCUT2D eigenvalue weighted by Crippen LogP contribution is 2.30. The van der Waals surface area contributed by atoms with Gasteiger partial charge in [-0.05, 0) is 25.0 Å². The molecule has 1 aromatic rings. The van der Waals surface area contributed by atoms with Crippen LogP contribution in [0.2, 0.25) is 0 Å². The number of hydroxylamine groups is 2. The van der Waals surface area contributed by atoms with E-state index in [1.54, 1.807) is 24.3 Å². The summed E-state index contributed by atoms with van der Waals surface area (Å²) in [6, 6.07) is 6.92. The molecule has 11 heteroatoms. The molecule has 2 saturated heterocycles. The Hall–Kier alpha value is -2.37. The van der Waals surface area contributed by atoms with Gasteiger partial charge in [-0.25, -0.2) is 4.79 Å². The topological polar surface area (TPSA) is 128 Å². The van der Waals surface area contributed by atoms with Crippen LogP contribution in [0, 0.1) is 0 Å². The molecular formula is C13H16N4O6S. The number of urea groups is 1. The summed E-state index contributed by atoms with van der Waals surface area (Å²) in [5, 5.41) is 0.604. The number of hydrazine groups is 1. The number of piperidine rings is 1. The van der Waals surface area contributed by atoms with Crippen LogP contribution in [0.1, 0.15) is 12.8 Å². The second-order valence-electron chi connectivity index (χ2n) is 5.49. The van der Waals surface area contributed by atoms with Crippen LogP contribution in [0.3, 0.4) is 0 Å². The summed E-state index contributed by atoms with van der Waals surface area (Å²) < 4.78 is 34.7. The average Bonchev–Trinajstić information content (AvgIpc) is 2.77. The number of carbonyl (C=O) groups excluding carboxylic acids is 2. The molecule has 2 fully saturated rings. The summed E-state index contributed by atoms with van der Waals surface area (Å²) in [4.78, 5) is 25.7. The van der Waals surface area contributed by atoms with Gasteiger partial charge < -0.3 is 4.90 Å². The number of nitrogens with zero attached hydrogens (tertiary/aromatic N) is 2. The molecule has 0 aliphatic carbocycles. The van der Waals surface area contributed by atoms with Gasteiger partial charge in [0.2, 0.25) is 0 Å². The predicted octanol–water partition coefficient (Wildman–Crippen LogP) is 0.133. The van der Waals surface area contributed by atoms with Crippen LogP contribution in [0.4, 0.5) is 10.5 Å². The maximum atomic E-state index is 12.3. The fraction of sp³-hybridized carbons (Fsp3) is 0.385. The average molecular weight is 356 g/mol. The van der Waals surface area contributed by atoms with Crippen LogP contribution in [0.5, 0.6) is 0 Å². The summed E-state index contributed by atoms with van der Waals surface area (Å²) in [7, 11) is -4.80. The lowest BCUT2D eigenvalue weighted by atomic mass is 10.0. The summed E-state index contributed by atoms with van der Waals surface area (Å²) in [5.41, 5.74) is 5.96. The van der Waals surface area contributed by atoms with E-state index in [9.17, 15) is 18.0 Å². The number of nitrogens with one attached hydrogen (secondary N) is 2. The van der Waals surface area contributed by atoms with Crippen molar-refractivity contribution in [1.29, 1.82) is 0 Å². The molecule has 10 nitrogen and oxygen atoms in total. The van der Waals surface area contributed by atoms with Crippen molar-refractivity contribution in [3.8, 4) is 0 Å². The Morgan fingerprint density at radius 3 is 2.62 bits per heavy atom. The van der Waals surface area contributed by atoms with E-state index in [-0.39, 0.29) is 6.54 Å². The minimum absolute atomic E-state index is 0.151. The SMILES string of the molecule is O=C(NNc1ccccc1)[C@@H]1CC[C@@H]2CN1C(=O)N2OS(=O)(=O)O. The van der Waals surface area contributed by atoms with Gasteiger partial charge in [0.15, 0.2) is 0 Å². The third kappa shape index (κ3) is 3.42. The first-order chi connectivity index (χ1) is 11.3. The quantitative estimate of drug-likeness (QED) is 0.505. The Morgan fingerprint density at radius 1 is 1.25 bits per heavy atom. The molecule has 24 heavy (non-hydrogen) atoms. The maximum absolute atomic E-state index is 12.3. The van der Waals surface area contributed by atoms with Gasteiger partial charge >= 0.3 is 16.4 Å². The van der Waals surface area contributed by atoms with Crippen molar-refractivity contribution in [2.24, 2.45) is 0 Å². The molecule has 0 unspecified atom stereocenters. The minimum atomic E-state index is -4.80. The second kappa shape index (κ2) is 6.26. The van der Waals surface area contributed by atoms with Crippen LogP contribution in [-0.4, -0.2) is 53.5 Å². The molecule has 2 aliphatic heterocycles. The number of amides is 3. The van der Waals surface area contributed by atoms with E-state index < -0.39 is 34.4 Å². The first-order valence-electron chi connectivity index (χ1n) is 7.23. The van der Waals surface area contributed by atoms with Gasteiger partial charge in [0.1, 0.15) is 6.04 Å². The Balaban J connectivity index is 1.64. The lowest BCUT2D eigenvalue weighted by molar-refractivity contribution is -0.125. The zero-order valence-corrected chi connectivity index (χ0v) is 13.3. The number of rotatable bonds is 5. The number of hydrogen-bond acceptors (Lipinski definition) is 6. The molecule has 2 aliphatic rings. The fourth-order valence-electron chi connectivity index (χ4n) is 2.84. The normalized spacial score (nSPS) is 23.3. The zero-order valence-electron chi connectivity index (χ0n) is 12.5. The van der Waals surface area contributed by atoms with Gasteiger partial charge in [-0.1, -0.05) is 18.2 Å². The lowest BCUT2D eigenvalue weighted by Gasteiger charge is -2.29. The first-order valence-corrected chi connectivity index (χ1v) is 8.59. The van der Waals surface area contributed by atoms with Crippen molar-refractivity contribution in [3.05, 3.63) is 30.3 Å². The van der Waals surface area contributed by atoms with E-state index in [1.807, 2.05) is 6.07 Å². The molecule has 130 valence electrons. The van der Waals surface area contributed by atoms with Crippen LogP contribution in [0.15, 0.2) is 30.3 Å². The standard InChI is InChI=1S/C13H16N4O6S/c18-12(15-14-9-4-2-1-3-5-9)11-7-6-10-8-16(11)13(19)17(10)23-24(20,21)22/h1-5,10-11,14H,6-8H2,(H,15,18)(H,20,21,22)/t10-,11+/m1/s1. The van der Waals surface area contributed by atoms with Crippen LogP contribution < -0.4 is 10.9 Å².